The molecule has 3 rings (SSSR count). The van der Waals surface area contributed by atoms with Crippen molar-refractivity contribution >= 4 is 11.9 Å². The summed E-state index contributed by atoms with van der Waals surface area (Å²) in [5, 5.41) is 111. The molecule has 10 N–H and O–H groups in total. The van der Waals surface area contributed by atoms with Crippen LogP contribution in [0.25, 0.3) is 0 Å². The summed E-state index contributed by atoms with van der Waals surface area (Å²) in [5.74, 6) is -4.45. The van der Waals surface area contributed by atoms with Gasteiger partial charge in [0.15, 0.2) is 18.7 Å². The monoisotopic (exact) mass is 610 g/mol. The minimum atomic E-state index is -2.08. The fourth-order valence-electron chi connectivity index (χ4n) is 4.18. The summed E-state index contributed by atoms with van der Waals surface area (Å²) in [6, 6.07) is 0. The molecule has 2 saturated heterocycles. The van der Waals surface area contributed by atoms with E-state index < -0.39 is 124 Å². The Balaban J connectivity index is 0.00000588. The van der Waals surface area contributed by atoms with E-state index in [9.17, 15) is 60.7 Å². The van der Waals surface area contributed by atoms with Gasteiger partial charge in [-0.25, -0.2) is 4.79 Å². The molecule has 2 fully saturated rings. The maximum Gasteiger partial charge on any atom is 1.00 e. The normalized spacial score (nSPS) is 41.9. The van der Waals surface area contributed by atoms with Gasteiger partial charge in [-0.2, -0.15) is 0 Å². The number of carboxylic acid groups (broad SMARTS) is 2. The fraction of sp³-hybridized carbons (Fsp3) is 0.810. The van der Waals surface area contributed by atoms with Crippen LogP contribution in [0.4, 0.5) is 0 Å². The van der Waals surface area contributed by atoms with Gasteiger partial charge in [0.05, 0.1) is 19.8 Å². The van der Waals surface area contributed by atoms with Crippen LogP contribution in [0.2, 0.25) is 0 Å². The minimum absolute atomic E-state index is 0. The maximum atomic E-state index is 11.2. The van der Waals surface area contributed by atoms with Crippen molar-refractivity contribution in [2.24, 2.45) is 0 Å². The average Bonchev–Trinajstić information content (AvgIpc) is 2.91. The van der Waals surface area contributed by atoms with E-state index in [1.165, 1.54) is 0 Å². The molecule has 41 heavy (non-hydrogen) atoms. The summed E-state index contributed by atoms with van der Waals surface area (Å²) < 4.78 is 31.2. The smallest absolute Gasteiger partial charge is 0.542 e. The molecule has 14 atom stereocenters. The van der Waals surface area contributed by atoms with E-state index >= 15 is 0 Å². The van der Waals surface area contributed by atoms with Gasteiger partial charge < -0.3 is 89.4 Å². The number of hydrogen-bond acceptors (Lipinski definition) is 18. The van der Waals surface area contributed by atoms with E-state index in [1.807, 2.05) is 0 Å². The van der Waals surface area contributed by atoms with E-state index in [0.717, 1.165) is 0 Å². The standard InChI is InChI=1S/C21H32O19.Na/c22-2-7-11(27)15(13(29)20(36-7)38-9(4-24)18(33)34)40-21-14(30)16(12(28)8(3-23)37-21)39-19-10(26)5(25)1-6(35-19)17(31)32;/h1,5,7-16,19-30H,2-4H2,(H,31,32)(H,33,34);/q;+1/p-1. The van der Waals surface area contributed by atoms with Gasteiger partial charge in [-0.1, -0.05) is 0 Å². The first kappa shape index (κ1) is 36.1. The second kappa shape index (κ2) is 15.6. The maximum absolute atomic E-state index is 11.2. The van der Waals surface area contributed by atoms with Gasteiger partial charge in [0.25, 0.3) is 0 Å². The number of aliphatic carboxylic acids is 2. The zero-order valence-corrected chi connectivity index (χ0v) is 23.4. The van der Waals surface area contributed by atoms with Crippen LogP contribution in [-0.4, -0.2) is 169 Å². The van der Waals surface area contributed by atoms with Gasteiger partial charge in [0.2, 0.25) is 6.29 Å². The predicted molar refractivity (Wildman–Crippen MR) is 115 cm³/mol. The van der Waals surface area contributed by atoms with Crippen molar-refractivity contribution in [1.82, 2.24) is 0 Å². The molecule has 0 bridgehead atoms. The molecule has 0 aromatic rings. The summed E-state index contributed by atoms with van der Waals surface area (Å²) in [6.45, 7) is -2.86. The molecule has 0 amide bonds. The second-order valence-corrected chi connectivity index (χ2v) is 9.05. The quantitative estimate of drug-likeness (QED) is 0.0971. The number of carbonyl (C=O) groups excluding carboxylic acids is 1. The van der Waals surface area contributed by atoms with E-state index in [0.29, 0.717) is 6.08 Å². The summed E-state index contributed by atoms with van der Waals surface area (Å²) in [5.41, 5.74) is 0. The third-order valence-corrected chi connectivity index (χ3v) is 6.36. The molecule has 19 nitrogen and oxygen atoms in total. The Labute approximate surface area is 252 Å². The first-order valence-electron chi connectivity index (χ1n) is 11.8. The molecule has 0 aromatic heterocycles. The Kier molecular flexibility index (Phi) is 13.7. The van der Waals surface area contributed by atoms with Crippen LogP contribution >= 0.6 is 0 Å². The van der Waals surface area contributed by atoms with Crippen molar-refractivity contribution in [1.29, 1.82) is 0 Å². The Morgan fingerprint density at radius 1 is 0.805 bits per heavy atom. The van der Waals surface area contributed by atoms with Crippen LogP contribution in [0.5, 0.6) is 0 Å². The molecule has 20 heteroatoms. The second-order valence-electron chi connectivity index (χ2n) is 9.05. The molecular weight excluding hydrogens is 579 g/mol. The number of ether oxygens (including phenoxy) is 6. The zero-order valence-electron chi connectivity index (χ0n) is 21.4. The third-order valence-electron chi connectivity index (χ3n) is 6.36. The summed E-state index contributed by atoms with van der Waals surface area (Å²) >= 11 is 0. The van der Waals surface area contributed by atoms with Gasteiger partial charge in [-0.15, -0.1) is 0 Å². The molecule has 3 aliphatic heterocycles. The van der Waals surface area contributed by atoms with E-state index in [2.05, 4.69) is 0 Å². The molecule has 0 saturated carbocycles. The third kappa shape index (κ3) is 8.10. The van der Waals surface area contributed by atoms with E-state index in [4.69, 9.17) is 33.5 Å². The molecule has 3 aliphatic rings. The molecule has 3 heterocycles. The minimum Gasteiger partial charge on any atom is -0.542 e. The van der Waals surface area contributed by atoms with Crippen LogP contribution in [0.3, 0.4) is 0 Å². The molecule has 0 aromatic carbocycles. The molecule has 0 aliphatic carbocycles. The number of rotatable bonds is 11. The van der Waals surface area contributed by atoms with Gasteiger partial charge in [-0.05, 0) is 6.08 Å². The van der Waals surface area contributed by atoms with Crippen LogP contribution in [0, 0.1) is 0 Å². The summed E-state index contributed by atoms with van der Waals surface area (Å²) in [4.78, 5) is 22.4. The number of hydrogen-bond donors (Lipinski definition) is 10. The van der Waals surface area contributed by atoms with Crippen molar-refractivity contribution in [2.75, 3.05) is 19.8 Å². The number of aliphatic hydroxyl groups excluding tert-OH is 9. The number of carboxylic acids is 2. The summed E-state index contributed by atoms with van der Waals surface area (Å²) in [7, 11) is 0. The Hall–Kier alpha value is -1.08. The van der Waals surface area contributed by atoms with Crippen molar-refractivity contribution in [3.63, 3.8) is 0 Å². The van der Waals surface area contributed by atoms with E-state index in [1.54, 1.807) is 0 Å². The molecule has 0 spiro atoms. The van der Waals surface area contributed by atoms with Crippen LogP contribution in [-0.2, 0) is 38.0 Å². The van der Waals surface area contributed by atoms with Gasteiger partial charge in [0, 0.05) is 0 Å². The van der Waals surface area contributed by atoms with Gasteiger partial charge in [-0.3, -0.25) is 0 Å². The van der Waals surface area contributed by atoms with Gasteiger partial charge in [0.1, 0.15) is 72.8 Å². The molecule has 14 unspecified atom stereocenters. The molecular formula is C21H31NaO19. The first-order chi connectivity index (χ1) is 18.8. The molecule has 0 radical (unpaired) electrons. The first-order valence-corrected chi connectivity index (χ1v) is 11.8. The number of aliphatic hydroxyl groups is 9. The van der Waals surface area contributed by atoms with E-state index in [-0.39, 0.29) is 29.6 Å². The largest absolute Gasteiger partial charge is 1.00 e. The van der Waals surface area contributed by atoms with Crippen molar-refractivity contribution in [3.05, 3.63) is 11.8 Å². The van der Waals surface area contributed by atoms with Crippen LogP contribution in [0.1, 0.15) is 0 Å². The van der Waals surface area contributed by atoms with Crippen molar-refractivity contribution in [2.45, 2.75) is 86.0 Å². The Bertz CT molecular complexity index is 906. The van der Waals surface area contributed by atoms with Crippen LogP contribution < -0.4 is 34.7 Å². The fourth-order valence-corrected chi connectivity index (χ4v) is 4.18. The van der Waals surface area contributed by atoms with Crippen LogP contribution in [0.15, 0.2) is 11.8 Å². The predicted octanol–water partition coefficient (Wildman–Crippen LogP) is -11.2. The summed E-state index contributed by atoms with van der Waals surface area (Å²) in [6.07, 6.45) is -25.6. The number of carbonyl (C=O) groups is 2. The Morgan fingerprint density at radius 3 is 1.76 bits per heavy atom. The van der Waals surface area contributed by atoms with Gasteiger partial charge >= 0.3 is 35.5 Å². The Morgan fingerprint density at radius 2 is 1.29 bits per heavy atom. The van der Waals surface area contributed by atoms with Crippen molar-refractivity contribution in [3.8, 4) is 0 Å². The van der Waals surface area contributed by atoms with Crippen molar-refractivity contribution < 1.29 is 124 Å². The molecule has 230 valence electrons. The average molecular weight is 610 g/mol. The topological polar surface area (TPSA) is 315 Å². The zero-order chi connectivity index (χ0) is 29.9. The SMILES string of the molecule is O=C([O-])C1=CC(O)C(O)C(OC2C(O)C(CO)OC(OC3C(O)C(CO)OC(OC(CO)C(=O)O)C3O)C2O)O1.[Na+].